The number of fused-ring (bicyclic) bond motifs is 1. The predicted molar refractivity (Wildman–Crippen MR) is 109 cm³/mol. The molecule has 1 unspecified atom stereocenters. The molecule has 1 N–H and O–H groups in total. The van der Waals surface area contributed by atoms with E-state index in [4.69, 9.17) is 0 Å². The Balaban J connectivity index is 1.48. The van der Waals surface area contributed by atoms with Crippen LogP contribution < -0.4 is 5.32 Å². The quantitative estimate of drug-likeness (QED) is 0.855. The Bertz CT molecular complexity index is 948. The van der Waals surface area contributed by atoms with Gasteiger partial charge in [0.2, 0.25) is 10.0 Å². The van der Waals surface area contributed by atoms with Gasteiger partial charge in [0.05, 0.1) is 10.9 Å². The van der Waals surface area contributed by atoms with Gasteiger partial charge in [-0.25, -0.2) is 8.42 Å². The number of aryl methyl sites for hydroxylation is 1. The van der Waals surface area contributed by atoms with Crippen LogP contribution in [0.1, 0.15) is 59.6 Å². The van der Waals surface area contributed by atoms with E-state index in [0.717, 1.165) is 38.5 Å². The monoisotopic (exact) mass is 398 g/mol. The molecule has 1 fully saturated rings. The van der Waals surface area contributed by atoms with Gasteiger partial charge in [0.15, 0.2) is 0 Å². The van der Waals surface area contributed by atoms with E-state index in [1.807, 2.05) is 12.1 Å². The summed E-state index contributed by atoms with van der Waals surface area (Å²) in [6.45, 7) is 1.15. The second kappa shape index (κ2) is 8.05. The number of hydrogen-bond acceptors (Lipinski definition) is 3. The van der Waals surface area contributed by atoms with Crippen molar-refractivity contribution in [2.45, 2.75) is 49.5 Å². The van der Waals surface area contributed by atoms with Crippen molar-refractivity contribution in [2.24, 2.45) is 0 Å². The zero-order chi connectivity index (χ0) is 19.6. The summed E-state index contributed by atoms with van der Waals surface area (Å²) in [7, 11) is -3.47. The largest absolute Gasteiger partial charge is 0.345 e. The van der Waals surface area contributed by atoms with Crippen LogP contribution in [0.2, 0.25) is 0 Å². The van der Waals surface area contributed by atoms with Crippen LogP contribution in [0, 0.1) is 0 Å². The smallest absolute Gasteiger partial charge is 0.251 e. The second-order valence-corrected chi connectivity index (χ2v) is 9.54. The van der Waals surface area contributed by atoms with Crippen molar-refractivity contribution in [2.75, 3.05) is 13.1 Å². The Kier molecular flexibility index (Phi) is 5.51. The van der Waals surface area contributed by atoms with Crippen molar-refractivity contribution in [1.29, 1.82) is 0 Å². The molecule has 5 nitrogen and oxygen atoms in total. The lowest BCUT2D eigenvalue weighted by Crippen LogP contribution is -2.35. The Hall–Kier alpha value is -2.18. The SMILES string of the molecule is O=C(NC1CCCc2ccccc21)c1ccc(S(=O)(=O)N2CCCCC2)cc1. The van der Waals surface area contributed by atoms with Crippen molar-refractivity contribution in [1.82, 2.24) is 9.62 Å². The summed E-state index contributed by atoms with van der Waals surface area (Å²) in [5, 5.41) is 3.11. The average molecular weight is 399 g/mol. The van der Waals surface area contributed by atoms with Gasteiger partial charge >= 0.3 is 0 Å². The van der Waals surface area contributed by atoms with Crippen LogP contribution in [0.4, 0.5) is 0 Å². The van der Waals surface area contributed by atoms with Gasteiger partial charge in [-0.3, -0.25) is 4.79 Å². The first-order valence-electron chi connectivity index (χ1n) is 10.0. The number of piperidine rings is 1. The molecule has 2 aromatic rings. The molecule has 1 saturated heterocycles. The maximum atomic E-state index is 12.7. The van der Waals surface area contributed by atoms with Gasteiger partial charge in [-0.15, -0.1) is 0 Å². The van der Waals surface area contributed by atoms with Crippen LogP contribution in [-0.4, -0.2) is 31.7 Å². The highest BCUT2D eigenvalue weighted by atomic mass is 32.2. The van der Waals surface area contributed by atoms with Gasteiger partial charge in [-0.1, -0.05) is 30.7 Å². The zero-order valence-electron chi connectivity index (χ0n) is 15.9. The molecule has 0 aromatic heterocycles. The molecule has 1 atom stereocenters. The highest BCUT2D eigenvalue weighted by Crippen LogP contribution is 2.29. The fourth-order valence-electron chi connectivity index (χ4n) is 4.18. The Morgan fingerprint density at radius 1 is 0.929 bits per heavy atom. The number of carbonyl (C=O) groups is 1. The maximum absolute atomic E-state index is 12.7. The number of rotatable bonds is 4. The van der Waals surface area contributed by atoms with E-state index in [9.17, 15) is 13.2 Å². The van der Waals surface area contributed by atoms with Crippen LogP contribution in [0.15, 0.2) is 53.4 Å². The molecule has 0 saturated carbocycles. The first kappa shape index (κ1) is 19.2. The highest BCUT2D eigenvalue weighted by Gasteiger charge is 2.26. The van der Waals surface area contributed by atoms with E-state index >= 15 is 0 Å². The summed E-state index contributed by atoms with van der Waals surface area (Å²) in [5.41, 5.74) is 2.97. The minimum absolute atomic E-state index is 0.00853. The Labute approximate surface area is 166 Å². The summed E-state index contributed by atoms with van der Waals surface area (Å²) in [4.78, 5) is 13.0. The van der Waals surface area contributed by atoms with Gasteiger partial charge in [-0.05, 0) is 67.5 Å². The summed E-state index contributed by atoms with van der Waals surface area (Å²) >= 11 is 0. The van der Waals surface area contributed by atoms with Gasteiger partial charge in [-0.2, -0.15) is 4.31 Å². The highest BCUT2D eigenvalue weighted by molar-refractivity contribution is 7.89. The number of nitrogens with one attached hydrogen (secondary N) is 1. The number of benzene rings is 2. The lowest BCUT2D eigenvalue weighted by molar-refractivity contribution is 0.0932. The Morgan fingerprint density at radius 3 is 2.39 bits per heavy atom. The summed E-state index contributed by atoms with van der Waals surface area (Å²) in [5.74, 6) is -0.163. The van der Waals surface area contributed by atoms with Gasteiger partial charge < -0.3 is 5.32 Å². The average Bonchev–Trinajstić information content (AvgIpc) is 2.75. The van der Waals surface area contributed by atoms with Crippen molar-refractivity contribution in [3.8, 4) is 0 Å². The predicted octanol–water partition coefficient (Wildman–Crippen LogP) is 3.67. The third kappa shape index (κ3) is 3.84. The van der Waals surface area contributed by atoms with Crippen LogP contribution >= 0.6 is 0 Å². The minimum Gasteiger partial charge on any atom is -0.345 e. The van der Waals surface area contributed by atoms with Crippen molar-refractivity contribution >= 4 is 15.9 Å². The number of carbonyl (C=O) groups excluding carboxylic acids is 1. The number of amides is 1. The molecule has 2 aromatic carbocycles. The van der Waals surface area contributed by atoms with Crippen LogP contribution in [0.25, 0.3) is 0 Å². The standard InChI is InChI=1S/C22H26N2O3S/c25-22(23-21-10-6-8-17-7-2-3-9-20(17)21)18-11-13-19(14-12-18)28(26,27)24-15-4-1-5-16-24/h2-3,7,9,11-14,21H,1,4-6,8,10,15-16H2,(H,23,25). The summed E-state index contributed by atoms with van der Waals surface area (Å²) in [6, 6.07) is 14.6. The van der Waals surface area contributed by atoms with Crippen molar-refractivity contribution in [3.63, 3.8) is 0 Å². The molecule has 4 rings (SSSR count). The van der Waals surface area contributed by atoms with E-state index in [0.29, 0.717) is 18.7 Å². The molecule has 1 heterocycles. The van der Waals surface area contributed by atoms with E-state index in [2.05, 4.69) is 17.4 Å². The normalized spacial score (nSPS) is 20.4. The molecular formula is C22H26N2O3S. The fraction of sp³-hybridized carbons (Fsp3) is 0.409. The van der Waals surface area contributed by atoms with Gasteiger partial charge in [0.1, 0.15) is 0 Å². The van der Waals surface area contributed by atoms with E-state index in [1.54, 1.807) is 28.6 Å². The molecule has 0 bridgehead atoms. The van der Waals surface area contributed by atoms with Crippen molar-refractivity contribution < 1.29 is 13.2 Å². The van der Waals surface area contributed by atoms with Crippen LogP contribution in [0.5, 0.6) is 0 Å². The molecule has 1 aliphatic heterocycles. The third-order valence-electron chi connectivity index (χ3n) is 5.74. The van der Waals surface area contributed by atoms with E-state index in [-0.39, 0.29) is 16.8 Å². The molecular weight excluding hydrogens is 372 g/mol. The lowest BCUT2D eigenvalue weighted by Gasteiger charge is -2.27. The number of nitrogens with zero attached hydrogens (tertiary/aromatic N) is 1. The summed E-state index contributed by atoms with van der Waals surface area (Å²) < 4.78 is 27.0. The summed E-state index contributed by atoms with van der Waals surface area (Å²) in [6.07, 6.45) is 5.91. The molecule has 148 valence electrons. The van der Waals surface area contributed by atoms with Crippen LogP contribution in [-0.2, 0) is 16.4 Å². The minimum atomic E-state index is -3.47. The first-order chi connectivity index (χ1) is 13.6. The molecule has 1 aliphatic carbocycles. The van der Waals surface area contributed by atoms with Gasteiger partial charge in [0, 0.05) is 18.7 Å². The third-order valence-corrected chi connectivity index (χ3v) is 7.66. The molecule has 0 spiro atoms. The molecule has 0 radical (unpaired) electrons. The zero-order valence-corrected chi connectivity index (χ0v) is 16.7. The number of sulfonamides is 1. The Morgan fingerprint density at radius 2 is 1.64 bits per heavy atom. The van der Waals surface area contributed by atoms with Crippen LogP contribution in [0.3, 0.4) is 0 Å². The second-order valence-electron chi connectivity index (χ2n) is 7.61. The molecule has 6 heteroatoms. The van der Waals surface area contributed by atoms with Gasteiger partial charge in [0.25, 0.3) is 5.91 Å². The maximum Gasteiger partial charge on any atom is 0.251 e. The van der Waals surface area contributed by atoms with E-state index < -0.39 is 10.0 Å². The first-order valence-corrected chi connectivity index (χ1v) is 11.5. The van der Waals surface area contributed by atoms with E-state index in [1.165, 1.54) is 11.1 Å². The fourth-order valence-corrected chi connectivity index (χ4v) is 5.70. The topological polar surface area (TPSA) is 66.5 Å². The van der Waals surface area contributed by atoms with Crippen molar-refractivity contribution in [3.05, 3.63) is 65.2 Å². The lowest BCUT2D eigenvalue weighted by atomic mass is 9.87. The molecule has 1 amide bonds. The molecule has 28 heavy (non-hydrogen) atoms. The number of hydrogen-bond donors (Lipinski definition) is 1. The molecule has 2 aliphatic rings.